The second-order valence-corrected chi connectivity index (χ2v) is 9.66. The van der Waals surface area contributed by atoms with Crippen molar-refractivity contribution in [1.82, 2.24) is 9.55 Å². The topological polar surface area (TPSA) is 27.1 Å². The molecule has 0 aliphatic heterocycles. The number of para-hydroxylation sites is 1. The van der Waals surface area contributed by atoms with Crippen molar-refractivity contribution >= 4 is 37.7 Å². The number of pyridine rings is 1. The first-order chi connectivity index (χ1) is 14.9. The zero-order valence-electron chi connectivity index (χ0n) is 17.8. The van der Waals surface area contributed by atoms with Crippen LogP contribution in [0.25, 0.3) is 27.6 Å². The van der Waals surface area contributed by atoms with Gasteiger partial charge in [-0.15, -0.1) is 0 Å². The van der Waals surface area contributed by atoms with Gasteiger partial charge < -0.3 is 4.74 Å². The molecule has 0 N–H and O–H groups in total. The molecule has 0 aliphatic rings. The van der Waals surface area contributed by atoms with Crippen molar-refractivity contribution in [3.05, 3.63) is 95.1 Å². The first-order valence-corrected chi connectivity index (χ1v) is 11.1. The molecule has 0 radical (unpaired) electrons. The molecule has 3 aromatic carbocycles. The monoisotopic (exact) mass is 470 g/mol. The van der Waals surface area contributed by atoms with Crippen LogP contribution < -0.4 is 4.74 Å². The van der Waals surface area contributed by atoms with Crippen LogP contribution in [0.3, 0.4) is 0 Å². The molecule has 5 rings (SSSR count). The Hall–Kier alpha value is -3.11. The number of hydrogen-bond donors (Lipinski definition) is 0. The second kappa shape index (κ2) is 7.54. The Morgan fingerprint density at radius 2 is 1.55 bits per heavy atom. The van der Waals surface area contributed by atoms with Crippen LogP contribution in [-0.2, 0) is 5.41 Å². The quantitative estimate of drug-likeness (QED) is 0.266. The third-order valence-electron chi connectivity index (χ3n) is 5.52. The van der Waals surface area contributed by atoms with Gasteiger partial charge in [-0.1, -0.05) is 67.0 Å². The van der Waals surface area contributed by atoms with Crippen molar-refractivity contribution in [2.24, 2.45) is 0 Å². The van der Waals surface area contributed by atoms with Gasteiger partial charge in [0.25, 0.3) is 0 Å². The van der Waals surface area contributed by atoms with Crippen molar-refractivity contribution in [2.75, 3.05) is 0 Å². The van der Waals surface area contributed by atoms with Gasteiger partial charge in [0.05, 0.1) is 11.0 Å². The average molecular weight is 471 g/mol. The van der Waals surface area contributed by atoms with E-state index in [1.807, 2.05) is 36.5 Å². The molecule has 0 fully saturated rings. The van der Waals surface area contributed by atoms with Crippen molar-refractivity contribution in [2.45, 2.75) is 26.2 Å². The first-order valence-electron chi connectivity index (χ1n) is 10.3. The molecule has 0 saturated heterocycles. The van der Waals surface area contributed by atoms with Crippen LogP contribution in [0.5, 0.6) is 11.5 Å². The SMILES string of the molecule is CC(C)(C)c1ccc(-n2c3ccccc3c3ccc(Oc4cccc(Br)c4)cc32)nc1. The van der Waals surface area contributed by atoms with E-state index >= 15 is 0 Å². The number of aromatic nitrogens is 2. The molecule has 0 atom stereocenters. The Kier molecular flexibility index (Phi) is 4.82. The largest absolute Gasteiger partial charge is 0.457 e. The first kappa shape index (κ1) is 19.8. The molecule has 0 aliphatic carbocycles. The minimum Gasteiger partial charge on any atom is -0.457 e. The molecule has 2 heterocycles. The molecule has 0 amide bonds. The summed E-state index contributed by atoms with van der Waals surface area (Å²) in [5.41, 5.74) is 3.49. The van der Waals surface area contributed by atoms with Gasteiger partial charge >= 0.3 is 0 Å². The Morgan fingerprint density at radius 3 is 2.29 bits per heavy atom. The number of rotatable bonds is 3. The van der Waals surface area contributed by atoms with E-state index in [4.69, 9.17) is 9.72 Å². The predicted molar refractivity (Wildman–Crippen MR) is 131 cm³/mol. The maximum Gasteiger partial charge on any atom is 0.137 e. The summed E-state index contributed by atoms with van der Waals surface area (Å²) in [6, 6.07) is 26.8. The molecule has 4 heteroatoms. The van der Waals surface area contributed by atoms with Crippen LogP contribution in [0.1, 0.15) is 26.3 Å². The lowest BCUT2D eigenvalue weighted by Gasteiger charge is -2.19. The van der Waals surface area contributed by atoms with Crippen LogP contribution in [0, 0.1) is 0 Å². The highest BCUT2D eigenvalue weighted by Crippen LogP contribution is 2.35. The lowest BCUT2D eigenvalue weighted by atomic mass is 9.88. The molecule has 0 unspecified atom stereocenters. The zero-order chi connectivity index (χ0) is 21.6. The van der Waals surface area contributed by atoms with Gasteiger partial charge in [-0.3, -0.25) is 4.57 Å². The van der Waals surface area contributed by atoms with Crippen molar-refractivity contribution < 1.29 is 4.74 Å². The van der Waals surface area contributed by atoms with Gasteiger partial charge in [-0.25, -0.2) is 4.98 Å². The fourth-order valence-corrected chi connectivity index (χ4v) is 4.27. The van der Waals surface area contributed by atoms with Crippen LogP contribution >= 0.6 is 15.9 Å². The van der Waals surface area contributed by atoms with Gasteiger partial charge in [0.2, 0.25) is 0 Å². The Labute approximate surface area is 190 Å². The molecular weight excluding hydrogens is 448 g/mol. The van der Waals surface area contributed by atoms with Crippen LogP contribution in [0.2, 0.25) is 0 Å². The number of halogens is 1. The van der Waals surface area contributed by atoms with Gasteiger partial charge in [0, 0.05) is 27.5 Å². The van der Waals surface area contributed by atoms with Gasteiger partial charge in [-0.2, -0.15) is 0 Å². The van der Waals surface area contributed by atoms with Crippen molar-refractivity contribution in [3.63, 3.8) is 0 Å². The third-order valence-corrected chi connectivity index (χ3v) is 6.01. The molecule has 0 bridgehead atoms. The molecule has 0 saturated carbocycles. The number of nitrogens with zero attached hydrogens (tertiary/aromatic N) is 2. The summed E-state index contributed by atoms with van der Waals surface area (Å²) in [7, 11) is 0. The van der Waals surface area contributed by atoms with E-state index in [9.17, 15) is 0 Å². The maximum absolute atomic E-state index is 6.15. The number of ether oxygens (including phenoxy) is 1. The lowest BCUT2D eigenvalue weighted by Crippen LogP contribution is -2.11. The van der Waals surface area contributed by atoms with E-state index in [0.29, 0.717) is 0 Å². The van der Waals surface area contributed by atoms with E-state index in [1.54, 1.807) is 0 Å². The van der Waals surface area contributed by atoms with Gasteiger partial charge in [0.1, 0.15) is 17.3 Å². The summed E-state index contributed by atoms with van der Waals surface area (Å²) in [6.45, 7) is 6.61. The predicted octanol–water partition coefficient (Wildman–Crippen LogP) is 8.03. The Bertz CT molecular complexity index is 1390. The molecule has 3 nitrogen and oxygen atoms in total. The van der Waals surface area contributed by atoms with E-state index in [1.165, 1.54) is 16.3 Å². The highest BCUT2D eigenvalue weighted by molar-refractivity contribution is 9.10. The normalized spacial score (nSPS) is 11.9. The van der Waals surface area contributed by atoms with Crippen LogP contribution in [0.4, 0.5) is 0 Å². The van der Waals surface area contributed by atoms with Gasteiger partial charge in [0.15, 0.2) is 0 Å². The molecule has 2 aromatic heterocycles. The molecule has 0 spiro atoms. The standard InChI is InChI=1S/C27H23BrN2O/c1-27(2,3)18-11-14-26(29-17-18)30-24-10-5-4-9-22(24)23-13-12-21(16-25(23)30)31-20-8-6-7-19(28)15-20/h4-17H,1-3H3. The van der Waals surface area contributed by atoms with Crippen molar-refractivity contribution in [3.8, 4) is 17.3 Å². The molecule has 5 aromatic rings. The summed E-state index contributed by atoms with van der Waals surface area (Å²) in [6.07, 6.45) is 1.98. The average Bonchev–Trinajstić information content (AvgIpc) is 3.07. The van der Waals surface area contributed by atoms with Gasteiger partial charge in [-0.05, 0) is 53.4 Å². The summed E-state index contributed by atoms with van der Waals surface area (Å²) in [5, 5.41) is 2.38. The highest BCUT2D eigenvalue weighted by Gasteiger charge is 2.17. The summed E-state index contributed by atoms with van der Waals surface area (Å²) in [5.74, 6) is 2.49. The minimum absolute atomic E-state index is 0.0668. The molecule has 31 heavy (non-hydrogen) atoms. The number of fused-ring (bicyclic) bond motifs is 3. The summed E-state index contributed by atoms with van der Waals surface area (Å²) in [4.78, 5) is 4.83. The fraction of sp³-hybridized carbons (Fsp3) is 0.148. The fourth-order valence-electron chi connectivity index (χ4n) is 3.89. The van der Waals surface area contributed by atoms with Crippen LogP contribution in [0.15, 0.2) is 89.5 Å². The second-order valence-electron chi connectivity index (χ2n) is 8.75. The maximum atomic E-state index is 6.15. The Balaban J connectivity index is 1.68. The third kappa shape index (κ3) is 3.72. The highest BCUT2D eigenvalue weighted by atomic mass is 79.9. The van der Waals surface area contributed by atoms with E-state index in [2.05, 4.69) is 89.8 Å². The van der Waals surface area contributed by atoms with E-state index < -0.39 is 0 Å². The van der Waals surface area contributed by atoms with E-state index in [-0.39, 0.29) is 5.41 Å². The summed E-state index contributed by atoms with van der Waals surface area (Å²) < 4.78 is 9.36. The summed E-state index contributed by atoms with van der Waals surface area (Å²) >= 11 is 3.51. The van der Waals surface area contributed by atoms with E-state index in [0.717, 1.165) is 32.8 Å². The smallest absolute Gasteiger partial charge is 0.137 e. The number of benzene rings is 3. The minimum atomic E-state index is 0.0668. The van der Waals surface area contributed by atoms with Crippen molar-refractivity contribution in [1.29, 1.82) is 0 Å². The lowest BCUT2D eigenvalue weighted by molar-refractivity contribution is 0.483. The zero-order valence-corrected chi connectivity index (χ0v) is 19.3. The number of hydrogen-bond acceptors (Lipinski definition) is 2. The molecular formula is C27H23BrN2O. The molecule has 154 valence electrons. The van der Waals surface area contributed by atoms with Crippen LogP contribution in [-0.4, -0.2) is 9.55 Å². The Morgan fingerprint density at radius 1 is 0.774 bits per heavy atom.